The largest absolute Gasteiger partial charge is 0.497 e. The number of nitrogens with zero attached hydrogens (tertiary/aromatic N) is 1. The smallest absolute Gasteiger partial charge is 0.365 e. The van der Waals surface area contributed by atoms with Crippen LogP contribution >= 0.6 is 22.9 Å². The minimum atomic E-state index is -1.02. The highest BCUT2D eigenvalue weighted by atomic mass is 35.5. The summed E-state index contributed by atoms with van der Waals surface area (Å²) in [5, 5.41) is 14.2. The third-order valence-corrected chi connectivity index (χ3v) is 3.58. The molecule has 0 radical (unpaired) electrons. The number of hydrogen-bond acceptors (Lipinski definition) is 5. The summed E-state index contributed by atoms with van der Waals surface area (Å²) in [5.41, 5.74) is 1.37. The Morgan fingerprint density at radius 1 is 1.58 bits per heavy atom. The van der Waals surface area contributed by atoms with Gasteiger partial charge in [0.1, 0.15) is 5.75 Å². The lowest BCUT2D eigenvalue weighted by atomic mass is 10.3. The number of nitrogens with one attached hydrogen (secondary N) is 1. The lowest BCUT2D eigenvalue weighted by molar-refractivity contribution is 0.0696. The Morgan fingerprint density at radius 3 is 3.00 bits per heavy atom. The SMILES string of the molecule is COc1ccc(Cl)c(NCc2csc(C(=O)O)n2)c1. The average molecular weight is 299 g/mol. The van der Waals surface area contributed by atoms with E-state index in [0.29, 0.717) is 28.7 Å². The molecule has 1 heterocycles. The number of anilines is 1. The third-order valence-electron chi connectivity index (χ3n) is 2.37. The molecule has 5 nitrogen and oxygen atoms in total. The summed E-state index contributed by atoms with van der Waals surface area (Å²) in [6.45, 7) is 0.399. The van der Waals surface area contributed by atoms with E-state index in [-0.39, 0.29) is 5.01 Å². The molecule has 0 spiro atoms. The number of rotatable bonds is 5. The number of benzene rings is 1. The minimum Gasteiger partial charge on any atom is -0.497 e. The third kappa shape index (κ3) is 3.36. The quantitative estimate of drug-likeness (QED) is 0.887. The van der Waals surface area contributed by atoms with Crippen molar-refractivity contribution in [2.45, 2.75) is 6.54 Å². The van der Waals surface area contributed by atoms with E-state index in [0.717, 1.165) is 11.3 Å². The Hall–Kier alpha value is -1.79. The molecule has 2 N–H and O–H groups in total. The maximum absolute atomic E-state index is 10.7. The first kappa shape index (κ1) is 13.6. The van der Waals surface area contributed by atoms with Crippen molar-refractivity contribution >= 4 is 34.6 Å². The van der Waals surface area contributed by atoms with Crippen LogP contribution in [-0.2, 0) is 6.54 Å². The number of thiazole rings is 1. The van der Waals surface area contributed by atoms with Crippen molar-refractivity contribution in [2.24, 2.45) is 0 Å². The molecular formula is C12H11ClN2O3S. The van der Waals surface area contributed by atoms with Crippen LogP contribution < -0.4 is 10.1 Å². The summed E-state index contributed by atoms with van der Waals surface area (Å²) >= 11 is 7.14. The molecule has 0 aliphatic rings. The van der Waals surface area contributed by atoms with E-state index < -0.39 is 5.97 Å². The lowest BCUT2D eigenvalue weighted by Gasteiger charge is -2.08. The van der Waals surface area contributed by atoms with Gasteiger partial charge in [-0.15, -0.1) is 11.3 Å². The fraction of sp³-hybridized carbons (Fsp3) is 0.167. The molecule has 19 heavy (non-hydrogen) atoms. The van der Waals surface area contributed by atoms with Crippen LogP contribution in [0.3, 0.4) is 0 Å². The van der Waals surface area contributed by atoms with Crippen molar-refractivity contribution in [1.82, 2.24) is 4.98 Å². The van der Waals surface area contributed by atoms with Crippen LogP contribution in [0.25, 0.3) is 0 Å². The molecule has 0 aliphatic heterocycles. The zero-order valence-corrected chi connectivity index (χ0v) is 11.6. The summed E-state index contributed by atoms with van der Waals surface area (Å²) < 4.78 is 5.11. The number of methoxy groups -OCH3 is 1. The van der Waals surface area contributed by atoms with E-state index in [1.807, 2.05) is 0 Å². The Kier molecular flexibility index (Phi) is 4.24. The highest BCUT2D eigenvalue weighted by Gasteiger charge is 2.09. The maximum atomic E-state index is 10.7. The van der Waals surface area contributed by atoms with Gasteiger partial charge in [0.15, 0.2) is 0 Å². The van der Waals surface area contributed by atoms with Gasteiger partial charge in [0, 0.05) is 11.4 Å². The topological polar surface area (TPSA) is 71.5 Å². The van der Waals surface area contributed by atoms with Crippen molar-refractivity contribution in [3.8, 4) is 5.75 Å². The monoisotopic (exact) mass is 298 g/mol. The highest BCUT2D eigenvalue weighted by Crippen LogP contribution is 2.27. The summed E-state index contributed by atoms with van der Waals surface area (Å²) in [4.78, 5) is 14.7. The first-order valence-corrected chi connectivity index (χ1v) is 6.61. The van der Waals surface area contributed by atoms with E-state index in [9.17, 15) is 4.79 Å². The highest BCUT2D eigenvalue weighted by molar-refractivity contribution is 7.11. The van der Waals surface area contributed by atoms with Crippen molar-refractivity contribution in [2.75, 3.05) is 12.4 Å². The lowest BCUT2D eigenvalue weighted by Crippen LogP contribution is -2.02. The molecular weight excluding hydrogens is 288 g/mol. The van der Waals surface area contributed by atoms with Crippen molar-refractivity contribution in [3.63, 3.8) is 0 Å². The Balaban J connectivity index is 2.07. The molecule has 2 rings (SSSR count). The number of hydrogen-bond donors (Lipinski definition) is 2. The number of aromatic carboxylic acids is 1. The number of ether oxygens (including phenoxy) is 1. The molecule has 0 atom stereocenters. The number of aromatic nitrogens is 1. The molecule has 2 aromatic rings. The molecule has 1 aromatic heterocycles. The number of carbonyl (C=O) groups is 1. The number of halogens is 1. The molecule has 7 heteroatoms. The maximum Gasteiger partial charge on any atom is 0.365 e. The zero-order valence-electron chi connectivity index (χ0n) is 10.0. The molecule has 0 aliphatic carbocycles. The van der Waals surface area contributed by atoms with Gasteiger partial charge in [-0.25, -0.2) is 9.78 Å². The Morgan fingerprint density at radius 2 is 2.37 bits per heavy atom. The second-order valence-electron chi connectivity index (χ2n) is 3.65. The van der Waals surface area contributed by atoms with E-state index in [1.54, 1.807) is 30.7 Å². The van der Waals surface area contributed by atoms with Gasteiger partial charge in [0.25, 0.3) is 0 Å². The summed E-state index contributed by atoms with van der Waals surface area (Å²) in [6.07, 6.45) is 0. The predicted molar refractivity (Wildman–Crippen MR) is 74.4 cm³/mol. The molecule has 0 amide bonds. The van der Waals surface area contributed by atoms with E-state index in [2.05, 4.69) is 10.3 Å². The normalized spacial score (nSPS) is 10.2. The van der Waals surface area contributed by atoms with Crippen LogP contribution in [0.15, 0.2) is 23.6 Å². The summed E-state index contributed by atoms with van der Waals surface area (Å²) in [5.74, 6) is -0.327. The van der Waals surface area contributed by atoms with Gasteiger partial charge in [0.05, 0.1) is 30.1 Å². The first-order chi connectivity index (χ1) is 9.10. The van der Waals surface area contributed by atoms with Gasteiger partial charge in [-0.2, -0.15) is 0 Å². The Bertz CT molecular complexity index is 600. The van der Waals surface area contributed by atoms with E-state index in [1.165, 1.54) is 0 Å². The van der Waals surface area contributed by atoms with Crippen LogP contribution in [0.1, 0.15) is 15.5 Å². The fourth-order valence-electron chi connectivity index (χ4n) is 1.44. The first-order valence-electron chi connectivity index (χ1n) is 5.35. The molecule has 0 unspecified atom stereocenters. The molecule has 100 valence electrons. The van der Waals surface area contributed by atoms with Crippen LogP contribution in [-0.4, -0.2) is 23.2 Å². The van der Waals surface area contributed by atoms with Crippen molar-refractivity contribution < 1.29 is 14.6 Å². The summed E-state index contributed by atoms with van der Waals surface area (Å²) in [7, 11) is 1.58. The van der Waals surface area contributed by atoms with Crippen LogP contribution in [0, 0.1) is 0 Å². The van der Waals surface area contributed by atoms with Gasteiger partial charge in [0.2, 0.25) is 5.01 Å². The van der Waals surface area contributed by atoms with E-state index >= 15 is 0 Å². The van der Waals surface area contributed by atoms with Gasteiger partial charge in [-0.05, 0) is 12.1 Å². The van der Waals surface area contributed by atoms with Crippen molar-refractivity contribution in [3.05, 3.63) is 39.3 Å². The van der Waals surface area contributed by atoms with Crippen LogP contribution in [0.4, 0.5) is 5.69 Å². The number of carboxylic acids is 1. The number of carboxylic acid groups (broad SMARTS) is 1. The molecule has 0 bridgehead atoms. The van der Waals surface area contributed by atoms with Gasteiger partial charge >= 0.3 is 5.97 Å². The molecule has 0 saturated carbocycles. The van der Waals surface area contributed by atoms with Gasteiger partial charge < -0.3 is 15.2 Å². The summed E-state index contributed by atoms with van der Waals surface area (Å²) in [6, 6.07) is 5.26. The van der Waals surface area contributed by atoms with E-state index in [4.69, 9.17) is 21.4 Å². The molecule has 1 aromatic carbocycles. The molecule has 0 fully saturated rings. The average Bonchev–Trinajstić information content (AvgIpc) is 2.87. The fourth-order valence-corrected chi connectivity index (χ4v) is 2.28. The van der Waals surface area contributed by atoms with Crippen LogP contribution in [0.2, 0.25) is 5.02 Å². The zero-order chi connectivity index (χ0) is 13.8. The van der Waals surface area contributed by atoms with Crippen LogP contribution in [0.5, 0.6) is 5.75 Å². The predicted octanol–water partition coefficient (Wildman–Crippen LogP) is 3.12. The molecule has 0 saturated heterocycles. The minimum absolute atomic E-state index is 0.0774. The second kappa shape index (κ2) is 5.90. The Labute approximate surface area is 118 Å². The van der Waals surface area contributed by atoms with Gasteiger partial charge in [-0.1, -0.05) is 11.6 Å². The van der Waals surface area contributed by atoms with Crippen molar-refractivity contribution in [1.29, 1.82) is 0 Å². The second-order valence-corrected chi connectivity index (χ2v) is 4.91. The standard InChI is InChI=1S/C12H11ClN2O3S/c1-18-8-2-3-9(13)10(4-8)14-5-7-6-19-11(15-7)12(16)17/h2-4,6,14H,5H2,1H3,(H,16,17). The van der Waals surface area contributed by atoms with Gasteiger partial charge in [-0.3, -0.25) is 0 Å².